The molecular formula is C23H29N7O2. The lowest BCUT2D eigenvalue weighted by atomic mass is 10.2. The molecule has 3 aromatic rings. The number of nitrogens with one attached hydrogen (secondary N) is 2. The van der Waals surface area contributed by atoms with Gasteiger partial charge < -0.3 is 15.5 Å². The summed E-state index contributed by atoms with van der Waals surface area (Å²) in [6.07, 6.45) is 1.40. The normalized spacial score (nSPS) is 10.7. The number of aromatic nitrogens is 4. The Kier molecular flexibility index (Phi) is 7.19. The van der Waals surface area contributed by atoms with Crippen LogP contribution in [0.4, 0.5) is 23.0 Å². The van der Waals surface area contributed by atoms with Crippen LogP contribution in [0, 0.1) is 20.8 Å². The molecule has 0 saturated carbocycles. The third kappa shape index (κ3) is 5.48. The second-order valence-corrected chi connectivity index (χ2v) is 7.47. The van der Waals surface area contributed by atoms with Crippen molar-refractivity contribution in [3.8, 4) is 0 Å². The van der Waals surface area contributed by atoms with E-state index in [-0.39, 0.29) is 18.0 Å². The van der Waals surface area contributed by atoms with Gasteiger partial charge in [-0.05, 0) is 58.9 Å². The van der Waals surface area contributed by atoms with E-state index < -0.39 is 0 Å². The Morgan fingerprint density at radius 2 is 1.69 bits per heavy atom. The van der Waals surface area contributed by atoms with E-state index in [2.05, 4.69) is 44.3 Å². The first-order chi connectivity index (χ1) is 15.3. The third-order valence-electron chi connectivity index (χ3n) is 5.18. The number of carbonyl (C=O) groups excluding carboxylic acids is 1. The maximum atomic E-state index is 12.4. The van der Waals surface area contributed by atoms with Crippen molar-refractivity contribution >= 4 is 28.9 Å². The van der Waals surface area contributed by atoms with Gasteiger partial charge in [-0.2, -0.15) is 0 Å². The second-order valence-electron chi connectivity index (χ2n) is 7.47. The van der Waals surface area contributed by atoms with Gasteiger partial charge in [-0.15, -0.1) is 0 Å². The molecule has 2 aromatic heterocycles. The lowest BCUT2D eigenvalue weighted by molar-refractivity contribution is -0.116. The van der Waals surface area contributed by atoms with Crippen LogP contribution >= 0.6 is 0 Å². The van der Waals surface area contributed by atoms with Crippen LogP contribution in [0.3, 0.4) is 0 Å². The summed E-state index contributed by atoms with van der Waals surface area (Å²) in [7, 11) is 0. The summed E-state index contributed by atoms with van der Waals surface area (Å²) in [5.41, 5.74) is 2.46. The van der Waals surface area contributed by atoms with Crippen LogP contribution < -0.4 is 21.1 Å². The van der Waals surface area contributed by atoms with E-state index in [4.69, 9.17) is 0 Å². The Labute approximate surface area is 187 Å². The third-order valence-corrected chi connectivity index (χ3v) is 5.18. The molecule has 1 aromatic carbocycles. The number of hydrogen-bond donors (Lipinski definition) is 2. The Morgan fingerprint density at radius 1 is 1.03 bits per heavy atom. The first-order valence-electron chi connectivity index (χ1n) is 10.6. The van der Waals surface area contributed by atoms with Gasteiger partial charge in [-0.3, -0.25) is 14.2 Å². The van der Waals surface area contributed by atoms with Gasteiger partial charge in [0.2, 0.25) is 5.91 Å². The summed E-state index contributed by atoms with van der Waals surface area (Å²) in [5, 5.41) is 6.09. The maximum Gasteiger partial charge on any atom is 0.256 e. The van der Waals surface area contributed by atoms with Gasteiger partial charge in [0.15, 0.2) is 0 Å². The Bertz CT molecular complexity index is 1150. The van der Waals surface area contributed by atoms with Crippen LogP contribution in [-0.4, -0.2) is 38.5 Å². The Morgan fingerprint density at radius 3 is 2.34 bits per heavy atom. The zero-order valence-electron chi connectivity index (χ0n) is 19.1. The highest BCUT2D eigenvalue weighted by molar-refractivity contribution is 5.90. The minimum absolute atomic E-state index is 0.0959. The Hall–Kier alpha value is -3.75. The summed E-state index contributed by atoms with van der Waals surface area (Å²) >= 11 is 0. The predicted molar refractivity (Wildman–Crippen MR) is 127 cm³/mol. The van der Waals surface area contributed by atoms with Crippen LogP contribution in [0.1, 0.15) is 30.9 Å². The zero-order valence-corrected chi connectivity index (χ0v) is 19.1. The summed E-state index contributed by atoms with van der Waals surface area (Å²) in [6, 6.07) is 9.22. The zero-order chi connectivity index (χ0) is 23.3. The second kappa shape index (κ2) is 10.0. The van der Waals surface area contributed by atoms with E-state index in [0.29, 0.717) is 28.6 Å². The number of aryl methyl sites for hydroxylation is 2. The highest BCUT2D eigenvalue weighted by Gasteiger charge is 2.10. The predicted octanol–water partition coefficient (Wildman–Crippen LogP) is 3.19. The van der Waals surface area contributed by atoms with Crippen molar-refractivity contribution in [1.82, 2.24) is 19.5 Å². The first-order valence-corrected chi connectivity index (χ1v) is 10.6. The van der Waals surface area contributed by atoms with Crippen LogP contribution in [0.15, 0.2) is 41.5 Å². The molecule has 0 unspecified atom stereocenters. The quantitative estimate of drug-likeness (QED) is 0.560. The molecule has 2 N–H and O–H groups in total. The molecule has 0 radical (unpaired) electrons. The number of carbonyl (C=O) groups is 1. The Balaban J connectivity index is 1.66. The number of benzene rings is 1. The lowest BCUT2D eigenvalue weighted by Gasteiger charge is -2.20. The van der Waals surface area contributed by atoms with Gasteiger partial charge in [-0.25, -0.2) is 15.0 Å². The van der Waals surface area contributed by atoms with Crippen molar-refractivity contribution in [2.45, 2.75) is 41.2 Å². The van der Waals surface area contributed by atoms with Crippen molar-refractivity contribution in [3.63, 3.8) is 0 Å². The molecule has 9 nitrogen and oxygen atoms in total. The average Bonchev–Trinajstić information content (AvgIpc) is 2.76. The minimum Gasteiger partial charge on any atom is -0.357 e. The van der Waals surface area contributed by atoms with Gasteiger partial charge in [0, 0.05) is 41.8 Å². The fourth-order valence-electron chi connectivity index (χ4n) is 3.25. The van der Waals surface area contributed by atoms with Crippen LogP contribution in [0.2, 0.25) is 0 Å². The van der Waals surface area contributed by atoms with E-state index in [0.717, 1.165) is 24.6 Å². The summed E-state index contributed by atoms with van der Waals surface area (Å²) in [4.78, 5) is 39.9. The lowest BCUT2D eigenvalue weighted by Crippen LogP contribution is -2.29. The molecule has 0 aliphatic heterocycles. The molecule has 168 valence electrons. The molecule has 0 saturated heterocycles. The maximum absolute atomic E-state index is 12.4. The molecule has 0 fully saturated rings. The minimum atomic E-state index is -0.298. The van der Waals surface area contributed by atoms with Gasteiger partial charge in [0.1, 0.15) is 24.0 Å². The summed E-state index contributed by atoms with van der Waals surface area (Å²) in [6.45, 7) is 11.2. The largest absolute Gasteiger partial charge is 0.357 e. The fraction of sp³-hybridized carbons (Fsp3) is 0.348. The van der Waals surface area contributed by atoms with Crippen LogP contribution in [0.5, 0.6) is 0 Å². The molecule has 9 heteroatoms. The van der Waals surface area contributed by atoms with Crippen LogP contribution in [0.25, 0.3) is 0 Å². The number of nitrogens with zero attached hydrogens (tertiary/aromatic N) is 5. The standard InChI is InChI=1S/C23H29N7O2/c1-6-29(7-2)21-12-20(25-17(5)26-21)27-18-8-10-19(11-9-18)28-22(31)13-30-14-24-16(4)15(3)23(30)32/h8-12,14H,6-7,13H2,1-5H3,(H,28,31)(H,25,26,27). The van der Waals surface area contributed by atoms with E-state index in [9.17, 15) is 9.59 Å². The van der Waals surface area contributed by atoms with Crippen molar-refractivity contribution in [1.29, 1.82) is 0 Å². The van der Waals surface area contributed by atoms with E-state index in [1.165, 1.54) is 10.9 Å². The van der Waals surface area contributed by atoms with E-state index in [1.807, 2.05) is 25.1 Å². The van der Waals surface area contributed by atoms with Crippen molar-refractivity contribution in [2.24, 2.45) is 0 Å². The fourth-order valence-corrected chi connectivity index (χ4v) is 3.25. The molecule has 0 aliphatic carbocycles. The first kappa shape index (κ1) is 22.9. The SMILES string of the molecule is CCN(CC)c1cc(Nc2ccc(NC(=O)Cn3cnc(C)c(C)c3=O)cc2)nc(C)n1. The van der Waals surface area contributed by atoms with Crippen molar-refractivity contribution < 1.29 is 4.79 Å². The molecule has 32 heavy (non-hydrogen) atoms. The molecule has 3 rings (SSSR count). The molecule has 0 spiro atoms. The van der Waals surface area contributed by atoms with Gasteiger partial charge in [0.25, 0.3) is 5.56 Å². The van der Waals surface area contributed by atoms with Gasteiger partial charge in [0.05, 0.1) is 6.33 Å². The number of rotatable bonds is 8. The molecule has 1 amide bonds. The van der Waals surface area contributed by atoms with Crippen LogP contribution in [-0.2, 0) is 11.3 Å². The molecular weight excluding hydrogens is 406 g/mol. The monoisotopic (exact) mass is 435 g/mol. The topological polar surface area (TPSA) is 105 Å². The number of hydrogen-bond acceptors (Lipinski definition) is 7. The number of amides is 1. The van der Waals surface area contributed by atoms with Crippen molar-refractivity contribution in [3.05, 3.63) is 64.1 Å². The summed E-state index contributed by atoms with van der Waals surface area (Å²) in [5.74, 6) is 1.98. The molecule has 0 bridgehead atoms. The van der Waals surface area contributed by atoms with Gasteiger partial charge >= 0.3 is 0 Å². The summed E-state index contributed by atoms with van der Waals surface area (Å²) < 4.78 is 1.30. The highest BCUT2D eigenvalue weighted by atomic mass is 16.2. The van der Waals surface area contributed by atoms with Crippen molar-refractivity contribution in [2.75, 3.05) is 28.6 Å². The average molecular weight is 436 g/mol. The number of anilines is 4. The van der Waals surface area contributed by atoms with E-state index >= 15 is 0 Å². The molecule has 0 atom stereocenters. The smallest absolute Gasteiger partial charge is 0.256 e. The molecule has 0 aliphatic rings. The van der Waals surface area contributed by atoms with E-state index in [1.54, 1.807) is 26.0 Å². The molecule has 2 heterocycles. The van der Waals surface area contributed by atoms with Gasteiger partial charge in [-0.1, -0.05) is 0 Å². The highest BCUT2D eigenvalue weighted by Crippen LogP contribution is 2.21.